The van der Waals surface area contributed by atoms with Crippen molar-refractivity contribution in [2.45, 2.75) is 0 Å². The number of fused-ring (bicyclic) bond motifs is 10. The van der Waals surface area contributed by atoms with E-state index in [1.165, 1.54) is 127 Å². The molecular formula is C58H34SSe. The molecule has 0 aliphatic rings. The molecule has 0 spiro atoms. The monoisotopic (exact) mass is 842 g/mol. The zero-order chi connectivity index (χ0) is 39.3. The third-order valence-corrected chi connectivity index (χ3v) is 16.2. The second kappa shape index (κ2) is 13.4. The Hall–Kier alpha value is -6.80. The van der Waals surface area contributed by atoms with Crippen LogP contribution in [0.3, 0.4) is 0 Å². The summed E-state index contributed by atoms with van der Waals surface area (Å²) in [7, 11) is 0. The van der Waals surface area contributed by atoms with Crippen molar-refractivity contribution in [1.29, 1.82) is 0 Å². The van der Waals surface area contributed by atoms with Crippen molar-refractivity contribution in [2.24, 2.45) is 0 Å². The zero-order valence-corrected chi connectivity index (χ0v) is 35.0. The normalized spacial score (nSPS) is 12.0. The molecule has 0 saturated heterocycles. The first-order valence-corrected chi connectivity index (χ1v) is 23.1. The number of rotatable bonds is 4. The van der Waals surface area contributed by atoms with E-state index in [0.29, 0.717) is 0 Å². The van der Waals surface area contributed by atoms with Crippen LogP contribution in [0.4, 0.5) is 0 Å². The molecule has 0 atom stereocenters. The SMILES string of the molecule is c1ccc(-c2c3ccccc3c(-c3ccc4[se]c5cc(-c6c7ccccc7c(-c7ccc8sc9ccccc9c8c7)c7ccccc67)ccc5c4c3)c3ccccc23)cc1. The van der Waals surface area contributed by atoms with E-state index in [1.807, 2.05) is 11.3 Å². The maximum atomic E-state index is 2.51. The average molecular weight is 842 g/mol. The Bertz CT molecular complexity index is 3770. The zero-order valence-electron chi connectivity index (χ0n) is 32.4. The average Bonchev–Trinajstić information content (AvgIpc) is 3.87. The first-order chi connectivity index (χ1) is 29.8. The third kappa shape index (κ3) is 5.09. The topological polar surface area (TPSA) is 0 Å². The molecule has 0 aliphatic carbocycles. The summed E-state index contributed by atoms with van der Waals surface area (Å²) in [6, 6.07) is 77.4. The summed E-state index contributed by atoms with van der Waals surface area (Å²) < 4.78 is 5.58. The molecule has 0 fully saturated rings. The van der Waals surface area contributed by atoms with Crippen LogP contribution < -0.4 is 0 Å². The summed E-state index contributed by atoms with van der Waals surface area (Å²) in [5, 5.41) is 15.7. The molecular weight excluding hydrogens is 808 g/mol. The molecule has 11 aromatic carbocycles. The van der Waals surface area contributed by atoms with Gasteiger partial charge in [0.1, 0.15) is 0 Å². The summed E-state index contributed by atoms with van der Waals surface area (Å²) in [5.74, 6) is 0. The molecule has 0 radical (unpaired) electrons. The van der Waals surface area contributed by atoms with E-state index in [9.17, 15) is 0 Å². The number of benzene rings is 11. The van der Waals surface area contributed by atoms with Crippen molar-refractivity contribution in [2.75, 3.05) is 0 Å². The maximum absolute atomic E-state index is 2.51. The van der Waals surface area contributed by atoms with Crippen LogP contribution in [0.15, 0.2) is 206 Å². The van der Waals surface area contributed by atoms with Crippen LogP contribution >= 0.6 is 11.3 Å². The molecule has 13 aromatic rings. The minimum absolute atomic E-state index is 0.199. The molecule has 0 N–H and O–H groups in total. The summed E-state index contributed by atoms with van der Waals surface area (Å²) >= 11 is 2.08. The van der Waals surface area contributed by atoms with Gasteiger partial charge >= 0.3 is 341 Å². The first-order valence-electron chi connectivity index (χ1n) is 20.6. The summed E-state index contributed by atoms with van der Waals surface area (Å²) in [6.07, 6.45) is 0. The van der Waals surface area contributed by atoms with Crippen LogP contribution in [0, 0.1) is 0 Å². The van der Waals surface area contributed by atoms with Crippen LogP contribution in [-0.4, -0.2) is 14.5 Å². The van der Waals surface area contributed by atoms with Crippen LogP contribution in [0.2, 0.25) is 0 Å². The molecule has 60 heavy (non-hydrogen) atoms. The molecule has 0 bridgehead atoms. The van der Waals surface area contributed by atoms with Gasteiger partial charge in [-0.1, -0.05) is 12.1 Å². The predicted molar refractivity (Wildman–Crippen MR) is 263 cm³/mol. The van der Waals surface area contributed by atoms with Gasteiger partial charge in [-0.15, -0.1) is 0 Å². The van der Waals surface area contributed by atoms with E-state index in [1.54, 1.807) is 0 Å². The second-order valence-electron chi connectivity index (χ2n) is 15.9. The molecule has 13 rings (SSSR count). The number of thiophene rings is 1. The number of hydrogen-bond donors (Lipinski definition) is 0. The molecule has 2 heteroatoms. The van der Waals surface area contributed by atoms with Gasteiger partial charge in [-0.05, 0) is 6.07 Å². The molecule has 0 saturated carbocycles. The van der Waals surface area contributed by atoms with E-state index in [4.69, 9.17) is 0 Å². The summed E-state index contributed by atoms with van der Waals surface area (Å²) in [5.41, 5.74) is 10.3. The molecule has 0 aliphatic heterocycles. The van der Waals surface area contributed by atoms with Crippen molar-refractivity contribution < 1.29 is 0 Å². The Balaban J connectivity index is 0.999. The van der Waals surface area contributed by atoms with E-state index in [0.717, 1.165) is 0 Å². The fourth-order valence-corrected chi connectivity index (χ4v) is 13.5. The van der Waals surface area contributed by atoms with Gasteiger partial charge in [0, 0.05) is 0 Å². The van der Waals surface area contributed by atoms with E-state index in [2.05, 4.69) is 206 Å². The van der Waals surface area contributed by atoms with E-state index in [-0.39, 0.29) is 14.5 Å². The third-order valence-electron chi connectivity index (χ3n) is 12.6. The van der Waals surface area contributed by atoms with Gasteiger partial charge in [-0.3, -0.25) is 0 Å². The molecule has 0 amide bonds. The second-order valence-corrected chi connectivity index (χ2v) is 19.2. The molecule has 0 unspecified atom stereocenters. The molecule has 2 aromatic heterocycles. The molecule has 278 valence electrons. The van der Waals surface area contributed by atoms with Crippen LogP contribution in [0.5, 0.6) is 0 Å². The van der Waals surface area contributed by atoms with Crippen LogP contribution in [-0.2, 0) is 0 Å². The summed E-state index contributed by atoms with van der Waals surface area (Å²) in [4.78, 5) is 0. The summed E-state index contributed by atoms with van der Waals surface area (Å²) in [6.45, 7) is 0. The van der Waals surface area contributed by atoms with E-state index >= 15 is 0 Å². The Labute approximate surface area is 357 Å². The predicted octanol–water partition coefficient (Wildman–Crippen LogP) is 16.7. The van der Waals surface area contributed by atoms with Gasteiger partial charge < -0.3 is 0 Å². The van der Waals surface area contributed by atoms with Gasteiger partial charge in [0.15, 0.2) is 0 Å². The Morgan fingerprint density at radius 3 is 1.18 bits per heavy atom. The van der Waals surface area contributed by atoms with Crippen molar-refractivity contribution in [1.82, 2.24) is 0 Å². The Morgan fingerprint density at radius 1 is 0.233 bits per heavy atom. The van der Waals surface area contributed by atoms with Crippen LogP contribution in [0.25, 0.3) is 127 Å². The van der Waals surface area contributed by atoms with Crippen molar-refractivity contribution >= 4 is 108 Å². The Morgan fingerprint density at radius 2 is 0.633 bits per heavy atom. The van der Waals surface area contributed by atoms with Gasteiger partial charge in [0.2, 0.25) is 0 Å². The molecule has 0 nitrogen and oxygen atoms in total. The fraction of sp³-hybridized carbons (Fsp3) is 0. The Kier molecular flexibility index (Phi) is 7.59. The van der Waals surface area contributed by atoms with Crippen LogP contribution in [0.1, 0.15) is 0 Å². The first kappa shape index (κ1) is 34.1. The van der Waals surface area contributed by atoms with Gasteiger partial charge in [0.25, 0.3) is 0 Å². The molecule has 2 heterocycles. The van der Waals surface area contributed by atoms with Crippen molar-refractivity contribution in [3.05, 3.63) is 206 Å². The van der Waals surface area contributed by atoms with Gasteiger partial charge in [-0.25, -0.2) is 0 Å². The quantitative estimate of drug-likeness (QED) is 0.122. The van der Waals surface area contributed by atoms with Gasteiger partial charge in [-0.2, -0.15) is 0 Å². The van der Waals surface area contributed by atoms with E-state index < -0.39 is 0 Å². The number of hydrogen-bond acceptors (Lipinski definition) is 1. The standard InChI is InChI=1S/C58H34SSe/c1-2-14-35(15-3-1)55-41-17-4-6-19-43(41)57(44-20-7-5-18-42(44)55)37-28-31-53-50(33-37)40-29-26-38(34-54(40)60-53)58-47-23-10-8-21-45(47)56(46-22-9-11-24-48(46)58)36-27-30-52-49(32-36)39-16-12-13-25-51(39)59-52/h1-34H. The van der Waals surface area contributed by atoms with Crippen molar-refractivity contribution in [3.63, 3.8) is 0 Å². The van der Waals surface area contributed by atoms with Crippen molar-refractivity contribution in [3.8, 4) is 44.5 Å². The fourth-order valence-electron chi connectivity index (χ4n) is 10.1. The van der Waals surface area contributed by atoms with Gasteiger partial charge in [0.05, 0.1) is 0 Å². The minimum atomic E-state index is 0.199.